The van der Waals surface area contributed by atoms with E-state index in [1.165, 1.54) is 22.6 Å². The minimum absolute atomic E-state index is 0.360. The van der Waals surface area contributed by atoms with Gasteiger partial charge < -0.3 is 20.1 Å². The van der Waals surface area contributed by atoms with Crippen molar-refractivity contribution < 1.29 is 24.4 Å². The Bertz CT molecular complexity index is 601. The van der Waals surface area contributed by atoms with Gasteiger partial charge in [-0.3, -0.25) is 14.3 Å². The molecular formula is C9H10FIN2O6. The summed E-state index contributed by atoms with van der Waals surface area (Å²) in [7, 11) is 0. The van der Waals surface area contributed by atoms with Crippen molar-refractivity contribution >= 4 is 22.6 Å². The molecule has 19 heavy (non-hydrogen) atoms. The third-order valence-corrected chi connectivity index (χ3v) is 3.80. The molecule has 0 aliphatic carbocycles. The van der Waals surface area contributed by atoms with E-state index < -0.39 is 48.2 Å². The summed E-state index contributed by atoms with van der Waals surface area (Å²) in [4.78, 5) is 24.4. The Hall–Kier alpha value is -0.820. The van der Waals surface area contributed by atoms with Crippen molar-refractivity contribution in [1.29, 1.82) is 0 Å². The first kappa shape index (κ1) is 14.6. The van der Waals surface area contributed by atoms with Crippen LogP contribution in [0.2, 0.25) is 0 Å². The maximum Gasteiger partial charge on any atom is 0.331 e. The molecule has 4 atom stereocenters. The van der Waals surface area contributed by atoms with Gasteiger partial charge in [0.05, 0.1) is 6.61 Å². The van der Waals surface area contributed by atoms with Crippen LogP contribution in [0, 0.1) is 9.52 Å². The van der Waals surface area contributed by atoms with Crippen LogP contribution in [-0.4, -0.2) is 49.8 Å². The number of H-pyrrole nitrogens is 1. The van der Waals surface area contributed by atoms with E-state index >= 15 is 0 Å². The van der Waals surface area contributed by atoms with Gasteiger partial charge in [0.2, 0.25) is 5.82 Å². The van der Waals surface area contributed by atoms with E-state index in [-0.39, 0.29) is 3.70 Å². The molecule has 1 aromatic rings. The van der Waals surface area contributed by atoms with E-state index in [0.717, 1.165) is 0 Å². The highest BCUT2D eigenvalue weighted by Crippen LogP contribution is 2.29. The second-order valence-electron chi connectivity index (χ2n) is 3.96. The molecule has 2 unspecified atom stereocenters. The number of hydrogen-bond acceptors (Lipinski definition) is 6. The standard InChI is InChI=1S/C9H10FIN2O6/c10-3-6(11)13(9(18)12-7(3)17)8-5(16)4(15)2(1-14)19-8/h2,4-5,8,14-16H,1H2,(H,12,17,18)/t2-,4?,5?,8-/m0/s1. The smallest absolute Gasteiger partial charge is 0.331 e. The maximum absolute atomic E-state index is 13.5. The summed E-state index contributed by atoms with van der Waals surface area (Å²) in [5.41, 5.74) is -2.16. The summed E-state index contributed by atoms with van der Waals surface area (Å²) in [6, 6.07) is 0. The fourth-order valence-electron chi connectivity index (χ4n) is 1.82. The van der Waals surface area contributed by atoms with Crippen molar-refractivity contribution in [3.63, 3.8) is 0 Å². The molecule has 0 amide bonds. The van der Waals surface area contributed by atoms with Gasteiger partial charge in [-0.15, -0.1) is 0 Å². The summed E-state index contributed by atoms with van der Waals surface area (Å²) in [6.07, 6.45) is -5.45. The van der Waals surface area contributed by atoms with Crippen LogP contribution in [0.3, 0.4) is 0 Å². The van der Waals surface area contributed by atoms with Gasteiger partial charge >= 0.3 is 5.69 Å². The molecule has 0 bridgehead atoms. The predicted octanol–water partition coefficient (Wildman–Crippen LogP) is -2.11. The number of ether oxygens (including phenoxy) is 1. The van der Waals surface area contributed by atoms with Gasteiger partial charge in [0.1, 0.15) is 22.0 Å². The normalized spacial score (nSPS) is 30.8. The Balaban J connectivity index is 2.52. The van der Waals surface area contributed by atoms with E-state index in [2.05, 4.69) is 0 Å². The Labute approximate surface area is 118 Å². The summed E-state index contributed by atoms with van der Waals surface area (Å²) in [5.74, 6) is -1.20. The Morgan fingerprint density at radius 1 is 1.37 bits per heavy atom. The highest BCUT2D eigenvalue weighted by Gasteiger charge is 2.44. The number of aromatic nitrogens is 2. The molecule has 106 valence electrons. The molecule has 1 saturated heterocycles. The molecular weight excluding hydrogens is 378 g/mol. The van der Waals surface area contributed by atoms with E-state index in [0.29, 0.717) is 4.57 Å². The molecule has 1 aliphatic heterocycles. The molecule has 1 fully saturated rings. The first-order chi connectivity index (χ1) is 8.88. The number of rotatable bonds is 2. The van der Waals surface area contributed by atoms with E-state index in [4.69, 9.17) is 9.84 Å². The molecule has 0 spiro atoms. The van der Waals surface area contributed by atoms with Crippen LogP contribution < -0.4 is 11.2 Å². The molecule has 1 aromatic heterocycles. The number of aromatic amines is 1. The van der Waals surface area contributed by atoms with Crippen LogP contribution in [-0.2, 0) is 4.74 Å². The highest BCUT2D eigenvalue weighted by molar-refractivity contribution is 14.1. The number of nitrogens with zero attached hydrogens (tertiary/aromatic N) is 1. The van der Waals surface area contributed by atoms with Gasteiger partial charge in [-0.05, 0) is 22.6 Å². The Kier molecular flexibility index (Phi) is 4.06. The van der Waals surface area contributed by atoms with Crippen molar-refractivity contribution in [2.45, 2.75) is 24.5 Å². The van der Waals surface area contributed by atoms with Crippen LogP contribution in [0.15, 0.2) is 9.59 Å². The predicted molar refractivity (Wildman–Crippen MR) is 67.0 cm³/mol. The van der Waals surface area contributed by atoms with Crippen LogP contribution in [0.5, 0.6) is 0 Å². The van der Waals surface area contributed by atoms with Crippen molar-refractivity contribution in [3.8, 4) is 0 Å². The summed E-state index contributed by atoms with van der Waals surface area (Å²) in [5, 5.41) is 28.3. The fraction of sp³-hybridized carbons (Fsp3) is 0.556. The minimum atomic E-state index is -1.53. The third-order valence-electron chi connectivity index (χ3n) is 2.80. The first-order valence-electron chi connectivity index (χ1n) is 5.20. The highest BCUT2D eigenvalue weighted by atomic mass is 127. The van der Waals surface area contributed by atoms with E-state index in [1.54, 1.807) is 4.98 Å². The molecule has 0 radical (unpaired) electrons. The van der Waals surface area contributed by atoms with Crippen molar-refractivity contribution in [3.05, 3.63) is 30.4 Å². The van der Waals surface area contributed by atoms with Crippen LogP contribution in [0.25, 0.3) is 0 Å². The fourth-order valence-corrected chi connectivity index (χ4v) is 2.56. The van der Waals surface area contributed by atoms with Crippen molar-refractivity contribution in [1.82, 2.24) is 9.55 Å². The number of aliphatic hydroxyl groups excluding tert-OH is 3. The number of hydrogen-bond donors (Lipinski definition) is 4. The van der Waals surface area contributed by atoms with Crippen molar-refractivity contribution in [2.24, 2.45) is 0 Å². The lowest BCUT2D eigenvalue weighted by Gasteiger charge is -2.18. The lowest BCUT2D eigenvalue weighted by molar-refractivity contribution is -0.0568. The SMILES string of the molecule is O=c1[nH]c(=O)n([C@H]2O[C@@H](CO)C(O)C2O)c(I)c1F. The number of nitrogens with one attached hydrogen (secondary N) is 1. The molecule has 2 heterocycles. The summed E-state index contributed by atoms with van der Waals surface area (Å²) >= 11 is 1.41. The van der Waals surface area contributed by atoms with Gasteiger partial charge in [0.15, 0.2) is 6.23 Å². The van der Waals surface area contributed by atoms with Crippen LogP contribution in [0.4, 0.5) is 4.39 Å². The zero-order chi connectivity index (χ0) is 14.3. The number of halogens is 2. The molecule has 2 rings (SSSR count). The minimum Gasteiger partial charge on any atom is -0.394 e. The average Bonchev–Trinajstić information content (AvgIpc) is 2.64. The monoisotopic (exact) mass is 388 g/mol. The van der Waals surface area contributed by atoms with Gasteiger partial charge in [-0.2, -0.15) is 4.39 Å². The lowest BCUT2D eigenvalue weighted by atomic mass is 10.1. The second-order valence-corrected chi connectivity index (χ2v) is 4.98. The van der Waals surface area contributed by atoms with Gasteiger partial charge in [-0.1, -0.05) is 0 Å². The Morgan fingerprint density at radius 3 is 2.53 bits per heavy atom. The van der Waals surface area contributed by atoms with Gasteiger partial charge in [-0.25, -0.2) is 4.79 Å². The van der Waals surface area contributed by atoms with Gasteiger partial charge in [0, 0.05) is 0 Å². The van der Waals surface area contributed by atoms with E-state index in [1.807, 2.05) is 0 Å². The largest absolute Gasteiger partial charge is 0.394 e. The molecule has 4 N–H and O–H groups in total. The first-order valence-corrected chi connectivity index (χ1v) is 6.28. The third kappa shape index (κ3) is 2.33. The second kappa shape index (κ2) is 5.28. The zero-order valence-corrected chi connectivity index (χ0v) is 11.4. The molecule has 8 nitrogen and oxygen atoms in total. The number of aliphatic hydroxyl groups is 3. The average molecular weight is 388 g/mol. The van der Waals surface area contributed by atoms with Crippen LogP contribution >= 0.6 is 22.6 Å². The lowest BCUT2D eigenvalue weighted by Crippen LogP contribution is -2.40. The molecule has 1 aliphatic rings. The topological polar surface area (TPSA) is 125 Å². The molecule has 0 aromatic carbocycles. The quantitative estimate of drug-likeness (QED) is 0.340. The zero-order valence-electron chi connectivity index (χ0n) is 9.29. The van der Waals surface area contributed by atoms with Crippen molar-refractivity contribution in [2.75, 3.05) is 6.61 Å². The Morgan fingerprint density at radius 2 is 2.00 bits per heavy atom. The van der Waals surface area contributed by atoms with Gasteiger partial charge in [0.25, 0.3) is 5.56 Å². The van der Waals surface area contributed by atoms with E-state index in [9.17, 15) is 24.2 Å². The maximum atomic E-state index is 13.5. The summed E-state index contributed by atoms with van der Waals surface area (Å²) < 4.78 is 18.9. The van der Waals surface area contributed by atoms with Crippen LogP contribution in [0.1, 0.15) is 6.23 Å². The summed E-state index contributed by atoms with van der Waals surface area (Å²) in [6.45, 7) is -0.577. The molecule has 10 heteroatoms. The molecule has 0 saturated carbocycles.